The van der Waals surface area contributed by atoms with Crippen molar-refractivity contribution >= 4 is 16.8 Å². The van der Waals surface area contributed by atoms with Crippen LogP contribution in [0.4, 0.5) is 0 Å². The van der Waals surface area contributed by atoms with Crippen molar-refractivity contribution in [3.05, 3.63) is 69.0 Å². The largest absolute Gasteiger partial charge is 0.454 e. The number of nitrogens with one attached hydrogen (secondary N) is 1. The lowest BCUT2D eigenvalue weighted by atomic mass is 10.0. The Bertz CT molecular complexity index is 1200. The first-order valence-electron chi connectivity index (χ1n) is 10.2. The summed E-state index contributed by atoms with van der Waals surface area (Å²) in [4.78, 5) is 32.3. The molecule has 0 bridgehead atoms. The molecular formula is C24H27N3O4. The molecule has 7 heteroatoms. The van der Waals surface area contributed by atoms with Crippen LogP contribution in [0.15, 0.2) is 41.2 Å². The predicted octanol–water partition coefficient (Wildman–Crippen LogP) is 2.96. The van der Waals surface area contributed by atoms with Crippen LogP contribution in [-0.2, 0) is 17.9 Å². The van der Waals surface area contributed by atoms with Gasteiger partial charge in [-0.1, -0.05) is 17.7 Å². The SMILES string of the molecule is Cc1cc(C)c2[nH]c(=O)c(CN(Cc3ccc4c(c3)OCO4)C(=O)CN(C)C)cc2c1. The molecule has 162 valence electrons. The van der Waals surface area contributed by atoms with Gasteiger partial charge in [0.15, 0.2) is 11.5 Å². The molecule has 1 N–H and O–H groups in total. The molecule has 1 amide bonds. The maximum Gasteiger partial charge on any atom is 0.253 e. The van der Waals surface area contributed by atoms with Gasteiger partial charge in [0.1, 0.15) is 0 Å². The molecular weight excluding hydrogens is 394 g/mol. The van der Waals surface area contributed by atoms with Crippen molar-refractivity contribution in [1.29, 1.82) is 0 Å². The molecule has 0 aliphatic carbocycles. The number of hydrogen-bond donors (Lipinski definition) is 1. The number of amides is 1. The van der Waals surface area contributed by atoms with Crippen LogP contribution in [0, 0.1) is 13.8 Å². The van der Waals surface area contributed by atoms with Crippen LogP contribution in [-0.4, -0.2) is 48.1 Å². The second-order valence-corrected chi connectivity index (χ2v) is 8.34. The number of H-pyrrole nitrogens is 1. The highest BCUT2D eigenvalue weighted by Gasteiger charge is 2.20. The zero-order valence-electron chi connectivity index (χ0n) is 18.3. The third-order valence-corrected chi connectivity index (χ3v) is 5.35. The molecule has 0 atom stereocenters. The van der Waals surface area contributed by atoms with E-state index < -0.39 is 0 Å². The third-order valence-electron chi connectivity index (χ3n) is 5.35. The van der Waals surface area contributed by atoms with Crippen LogP contribution in [0.5, 0.6) is 11.5 Å². The zero-order chi connectivity index (χ0) is 22.1. The molecule has 31 heavy (non-hydrogen) atoms. The molecule has 0 radical (unpaired) electrons. The van der Waals surface area contributed by atoms with Crippen LogP contribution >= 0.6 is 0 Å². The maximum atomic E-state index is 13.0. The molecule has 1 aromatic heterocycles. The summed E-state index contributed by atoms with van der Waals surface area (Å²) in [7, 11) is 3.70. The van der Waals surface area contributed by atoms with Crippen molar-refractivity contribution in [2.24, 2.45) is 0 Å². The average Bonchev–Trinajstić information content (AvgIpc) is 3.16. The Kier molecular flexibility index (Phi) is 5.69. The van der Waals surface area contributed by atoms with E-state index >= 15 is 0 Å². The van der Waals surface area contributed by atoms with Gasteiger partial charge in [-0.05, 0) is 68.7 Å². The van der Waals surface area contributed by atoms with E-state index in [-0.39, 0.29) is 31.3 Å². The van der Waals surface area contributed by atoms with Gasteiger partial charge in [-0.3, -0.25) is 9.59 Å². The number of likely N-dealkylation sites (N-methyl/N-ethyl adjacent to an activating group) is 1. The van der Waals surface area contributed by atoms with Crippen LogP contribution in [0.1, 0.15) is 22.3 Å². The number of hydrogen-bond acceptors (Lipinski definition) is 5. The summed E-state index contributed by atoms with van der Waals surface area (Å²) in [6.07, 6.45) is 0. The number of benzene rings is 2. The second kappa shape index (κ2) is 8.43. The minimum Gasteiger partial charge on any atom is -0.454 e. The molecule has 0 fully saturated rings. The number of ether oxygens (including phenoxy) is 2. The van der Waals surface area contributed by atoms with E-state index in [1.165, 1.54) is 0 Å². The van der Waals surface area contributed by atoms with Crippen molar-refractivity contribution in [3.8, 4) is 11.5 Å². The Balaban J connectivity index is 1.66. The van der Waals surface area contributed by atoms with Crippen molar-refractivity contribution in [2.75, 3.05) is 27.4 Å². The molecule has 3 aromatic rings. The van der Waals surface area contributed by atoms with Gasteiger partial charge in [-0.2, -0.15) is 0 Å². The fraction of sp³-hybridized carbons (Fsp3) is 0.333. The van der Waals surface area contributed by atoms with E-state index in [0.717, 1.165) is 27.6 Å². The number of carbonyl (C=O) groups excluding carboxylic acids is 1. The zero-order valence-corrected chi connectivity index (χ0v) is 18.3. The van der Waals surface area contributed by atoms with Crippen molar-refractivity contribution in [1.82, 2.24) is 14.8 Å². The van der Waals surface area contributed by atoms with Crippen molar-refractivity contribution in [2.45, 2.75) is 26.9 Å². The second-order valence-electron chi connectivity index (χ2n) is 8.34. The van der Waals surface area contributed by atoms with Gasteiger partial charge in [-0.15, -0.1) is 0 Å². The molecule has 0 spiro atoms. The van der Waals surface area contributed by atoms with Crippen LogP contribution in [0.2, 0.25) is 0 Å². The normalized spacial score (nSPS) is 12.5. The molecule has 0 saturated carbocycles. The van der Waals surface area contributed by atoms with Gasteiger partial charge in [0, 0.05) is 12.1 Å². The molecule has 2 heterocycles. The van der Waals surface area contributed by atoms with E-state index in [1.807, 2.05) is 69.2 Å². The Morgan fingerprint density at radius 3 is 2.58 bits per heavy atom. The monoisotopic (exact) mass is 421 g/mol. The summed E-state index contributed by atoms with van der Waals surface area (Å²) in [5.41, 5.74) is 4.29. The number of aryl methyl sites for hydroxylation is 2. The lowest BCUT2D eigenvalue weighted by molar-refractivity contribution is -0.133. The Morgan fingerprint density at radius 1 is 1.03 bits per heavy atom. The number of rotatable bonds is 6. The van der Waals surface area contributed by atoms with Gasteiger partial charge in [0.25, 0.3) is 5.56 Å². The quantitative estimate of drug-likeness (QED) is 0.662. The highest BCUT2D eigenvalue weighted by atomic mass is 16.7. The topological polar surface area (TPSA) is 74.9 Å². The number of carbonyl (C=O) groups is 1. The summed E-state index contributed by atoms with van der Waals surface area (Å²) in [5.74, 6) is 1.32. The fourth-order valence-corrected chi connectivity index (χ4v) is 3.92. The Labute approximate surface area is 181 Å². The van der Waals surface area contributed by atoms with Gasteiger partial charge < -0.3 is 24.3 Å². The lowest BCUT2D eigenvalue weighted by Gasteiger charge is -2.24. The van der Waals surface area contributed by atoms with E-state index in [2.05, 4.69) is 4.98 Å². The minimum absolute atomic E-state index is 0.0532. The van der Waals surface area contributed by atoms with Gasteiger partial charge in [0.05, 0.1) is 18.6 Å². The van der Waals surface area contributed by atoms with Gasteiger partial charge in [-0.25, -0.2) is 0 Å². The summed E-state index contributed by atoms with van der Waals surface area (Å²) in [6.45, 7) is 5.07. The van der Waals surface area contributed by atoms with Crippen molar-refractivity contribution < 1.29 is 14.3 Å². The highest BCUT2D eigenvalue weighted by molar-refractivity contribution is 5.83. The molecule has 4 rings (SSSR count). The minimum atomic E-state index is -0.173. The van der Waals surface area contributed by atoms with Crippen LogP contribution in [0.25, 0.3) is 10.9 Å². The number of fused-ring (bicyclic) bond motifs is 2. The summed E-state index contributed by atoms with van der Waals surface area (Å²) in [6, 6.07) is 11.6. The predicted molar refractivity (Wildman–Crippen MR) is 119 cm³/mol. The standard InChI is InChI=1S/C24H27N3O4/c1-15-7-16(2)23-18(8-15)10-19(24(29)25-23)12-27(22(28)13-26(3)4)11-17-5-6-20-21(9-17)31-14-30-20/h5-10H,11-14H2,1-4H3,(H,25,29). The smallest absolute Gasteiger partial charge is 0.253 e. The van der Waals surface area contributed by atoms with Gasteiger partial charge in [0.2, 0.25) is 12.7 Å². The van der Waals surface area contributed by atoms with Gasteiger partial charge >= 0.3 is 0 Å². The van der Waals surface area contributed by atoms with Crippen LogP contribution in [0.3, 0.4) is 0 Å². The molecule has 0 saturated heterocycles. The van der Waals surface area contributed by atoms with Crippen LogP contribution < -0.4 is 15.0 Å². The highest BCUT2D eigenvalue weighted by Crippen LogP contribution is 2.33. The van der Waals surface area contributed by atoms with E-state index in [0.29, 0.717) is 23.6 Å². The molecule has 0 unspecified atom stereocenters. The Hall–Kier alpha value is -3.32. The fourth-order valence-electron chi connectivity index (χ4n) is 3.92. The van der Waals surface area contributed by atoms with E-state index in [9.17, 15) is 9.59 Å². The number of aromatic amines is 1. The first-order valence-corrected chi connectivity index (χ1v) is 10.2. The first-order chi connectivity index (χ1) is 14.8. The molecule has 1 aliphatic heterocycles. The third kappa shape index (κ3) is 4.56. The Morgan fingerprint density at radius 2 is 1.81 bits per heavy atom. The molecule has 7 nitrogen and oxygen atoms in total. The van der Waals surface area contributed by atoms with Crippen molar-refractivity contribution in [3.63, 3.8) is 0 Å². The average molecular weight is 421 g/mol. The maximum absolute atomic E-state index is 13.0. The summed E-state index contributed by atoms with van der Waals surface area (Å²) < 4.78 is 10.8. The van der Waals surface area contributed by atoms with E-state index in [4.69, 9.17) is 9.47 Å². The number of pyridine rings is 1. The van der Waals surface area contributed by atoms with E-state index in [1.54, 1.807) is 4.90 Å². The number of nitrogens with zero attached hydrogens (tertiary/aromatic N) is 2. The summed E-state index contributed by atoms with van der Waals surface area (Å²) in [5, 5.41) is 0.968. The molecule has 2 aromatic carbocycles. The lowest BCUT2D eigenvalue weighted by Crippen LogP contribution is -2.38. The molecule has 1 aliphatic rings. The number of aromatic nitrogens is 1. The summed E-state index contributed by atoms with van der Waals surface area (Å²) >= 11 is 0. The first kappa shape index (κ1) is 20.9.